The molecule has 0 unspecified atom stereocenters. The molecule has 1 aliphatic rings. The van der Waals surface area contributed by atoms with Crippen molar-refractivity contribution in [1.29, 1.82) is 0 Å². The largest absolute Gasteiger partial charge is 0.497 e. The number of anilines is 2. The molecular weight excluding hydrogens is 386 g/mol. The van der Waals surface area contributed by atoms with Gasteiger partial charge in [0.1, 0.15) is 24.4 Å². The van der Waals surface area contributed by atoms with Gasteiger partial charge in [0.05, 0.1) is 26.1 Å². The lowest BCUT2D eigenvalue weighted by Gasteiger charge is -2.13. The number of imidazole rings is 1. The number of nitrogens with zero attached hydrogens (tertiary/aromatic N) is 4. The van der Waals surface area contributed by atoms with Crippen molar-refractivity contribution in [1.82, 2.24) is 19.5 Å². The van der Waals surface area contributed by atoms with Crippen LogP contribution in [0.25, 0.3) is 21.9 Å². The topological polar surface area (TPSA) is 115 Å². The molecule has 0 spiro atoms. The van der Waals surface area contributed by atoms with Crippen LogP contribution >= 0.6 is 0 Å². The Morgan fingerprint density at radius 2 is 2.00 bits per heavy atom. The second-order valence-corrected chi connectivity index (χ2v) is 7.21. The van der Waals surface area contributed by atoms with Crippen LogP contribution < -0.4 is 10.1 Å². The van der Waals surface area contributed by atoms with Crippen molar-refractivity contribution in [2.75, 3.05) is 19.0 Å². The summed E-state index contributed by atoms with van der Waals surface area (Å²) in [6.45, 7) is -0.236. The van der Waals surface area contributed by atoms with Gasteiger partial charge in [0.15, 0.2) is 17.0 Å². The van der Waals surface area contributed by atoms with Gasteiger partial charge in [-0.15, -0.1) is 0 Å². The van der Waals surface area contributed by atoms with Gasteiger partial charge in [-0.2, -0.15) is 0 Å². The van der Waals surface area contributed by atoms with Crippen molar-refractivity contribution < 1.29 is 19.7 Å². The Labute approximate surface area is 171 Å². The highest BCUT2D eigenvalue weighted by molar-refractivity contribution is 5.90. The SMILES string of the molecule is COc1ccc2cc(Nc3ncnc4c3ncn4[C@H]3C[C@H](O)[C@@H](CO)O3)ccc2c1. The summed E-state index contributed by atoms with van der Waals surface area (Å²) in [5.41, 5.74) is 2.06. The number of aliphatic hydroxyl groups excluding tert-OH is 2. The number of aromatic nitrogens is 4. The zero-order valence-corrected chi connectivity index (χ0v) is 16.3. The van der Waals surface area contributed by atoms with E-state index in [1.165, 1.54) is 6.33 Å². The maximum absolute atomic E-state index is 10.0. The van der Waals surface area contributed by atoms with E-state index in [1.54, 1.807) is 18.0 Å². The van der Waals surface area contributed by atoms with Gasteiger partial charge >= 0.3 is 0 Å². The van der Waals surface area contributed by atoms with Crippen LogP contribution in [0.5, 0.6) is 5.75 Å². The standard InChI is InChI=1S/C21H21N5O4/c1-29-15-5-3-12-6-14(4-2-13(12)7-15)25-20-19-21(23-10-22-20)26(11-24-19)18-8-16(28)17(9-27)30-18/h2-7,10-11,16-18,27-28H,8-9H2,1H3,(H,22,23,25)/t16-,17+,18+/m0/s1. The quantitative estimate of drug-likeness (QED) is 0.462. The second kappa shape index (κ2) is 7.52. The molecule has 3 heterocycles. The summed E-state index contributed by atoms with van der Waals surface area (Å²) in [7, 11) is 1.65. The summed E-state index contributed by atoms with van der Waals surface area (Å²) in [5.74, 6) is 1.39. The number of fused-ring (bicyclic) bond motifs is 2. The summed E-state index contributed by atoms with van der Waals surface area (Å²) in [5, 5.41) is 24.8. The maximum atomic E-state index is 10.0. The third-order valence-electron chi connectivity index (χ3n) is 5.36. The highest BCUT2D eigenvalue weighted by Gasteiger charge is 2.35. The van der Waals surface area contributed by atoms with Crippen LogP contribution in [0.15, 0.2) is 49.1 Å². The van der Waals surface area contributed by atoms with Gasteiger partial charge in [-0.25, -0.2) is 15.0 Å². The monoisotopic (exact) mass is 407 g/mol. The molecule has 9 nitrogen and oxygen atoms in total. The lowest BCUT2D eigenvalue weighted by molar-refractivity contribution is -0.0432. The van der Waals surface area contributed by atoms with E-state index in [-0.39, 0.29) is 6.61 Å². The Kier molecular flexibility index (Phi) is 4.70. The molecule has 3 atom stereocenters. The number of methoxy groups -OCH3 is 1. The van der Waals surface area contributed by atoms with Gasteiger partial charge in [-0.05, 0) is 35.0 Å². The van der Waals surface area contributed by atoms with Gasteiger partial charge in [0.2, 0.25) is 0 Å². The minimum absolute atomic E-state index is 0.236. The van der Waals surface area contributed by atoms with Crippen molar-refractivity contribution in [2.45, 2.75) is 24.9 Å². The third-order valence-corrected chi connectivity index (χ3v) is 5.36. The minimum atomic E-state index is -0.729. The Hall–Kier alpha value is -3.27. The summed E-state index contributed by atoms with van der Waals surface area (Å²) in [6.07, 6.45) is 1.66. The van der Waals surface area contributed by atoms with E-state index in [0.717, 1.165) is 22.2 Å². The van der Waals surface area contributed by atoms with Crippen molar-refractivity contribution in [3.8, 4) is 5.75 Å². The first-order valence-electron chi connectivity index (χ1n) is 9.63. The van der Waals surface area contributed by atoms with Crippen molar-refractivity contribution in [2.24, 2.45) is 0 Å². The normalized spacial score (nSPS) is 21.4. The zero-order valence-electron chi connectivity index (χ0n) is 16.3. The molecule has 2 aromatic heterocycles. The number of aliphatic hydroxyl groups is 2. The number of rotatable bonds is 5. The molecule has 1 aliphatic heterocycles. The van der Waals surface area contributed by atoms with Crippen molar-refractivity contribution in [3.63, 3.8) is 0 Å². The number of benzene rings is 2. The van der Waals surface area contributed by atoms with E-state index in [4.69, 9.17) is 9.47 Å². The molecule has 1 fully saturated rings. The molecule has 0 aliphatic carbocycles. The molecule has 0 saturated carbocycles. The predicted octanol–water partition coefficient (Wildman–Crippen LogP) is 2.37. The highest BCUT2D eigenvalue weighted by Crippen LogP contribution is 2.32. The van der Waals surface area contributed by atoms with E-state index in [9.17, 15) is 10.2 Å². The number of hydrogen-bond acceptors (Lipinski definition) is 8. The fourth-order valence-electron chi connectivity index (χ4n) is 3.77. The van der Waals surface area contributed by atoms with E-state index in [1.807, 2.05) is 36.4 Å². The van der Waals surface area contributed by atoms with Crippen LogP contribution in [0.3, 0.4) is 0 Å². The highest BCUT2D eigenvalue weighted by atomic mass is 16.5. The smallest absolute Gasteiger partial charge is 0.167 e. The van der Waals surface area contributed by atoms with Crippen LogP contribution in [0.2, 0.25) is 0 Å². The average Bonchev–Trinajstić information content (AvgIpc) is 3.37. The first kappa shape index (κ1) is 18.7. The molecule has 2 aromatic carbocycles. The maximum Gasteiger partial charge on any atom is 0.167 e. The van der Waals surface area contributed by atoms with Crippen LogP contribution in [0.4, 0.5) is 11.5 Å². The molecular formula is C21H21N5O4. The molecule has 0 radical (unpaired) electrons. The van der Waals surface area contributed by atoms with Gasteiger partial charge < -0.3 is 25.0 Å². The second-order valence-electron chi connectivity index (χ2n) is 7.21. The Balaban J connectivity index is 1.45. The summed E-state index contributed by atoms with van der Waals surface area (Å²) >= 11 is 0. The van der Waals surface area contributed by atoms with E-state index in [2.05, 4.69) is 20.3 Å². The summed E-state index contributed by atoms with van der Waals surface area (Å²) < 4.78 is 12.8. The van der Waals surface area contributed by atoms with E-state index >= 15 is 0 Å². The lowest BCUT2D eigenvalue weighted by atomic mass is 10.1. The Morgan fingerprint density at radius 3 is 2.80 bits per heavy atom. The zero-order chi connectivity index (χ0) is 20.7. The fraction of sp³-hybridized carbons (Fsp3) is 0.286. The average molecular weight is 407 g/mol. The van der Waals surface area contributed by atoms with Crippen LogP contribution in [0.1, 0.15) is 12.6 Å². The molecule has 154 valence electrons. The molecule has 5 rings (SSSR count). The van der Waals surface area contributed by atoms with Gasteiger partial charge in [0, 0.05) is 12.1 Å². The predicted molar refractivity (Wildman–Crippen MR) is 111 cm³/mol. The van der Waals surface area contributed by atoms with Crippen LogP contribution in [0, 0.1) is 0 Å². The first-order valence-corrected chi connectivity index (χ1v) is 9.63. The number of hydrogen-bond donors (Lipinski definition) is 3. The Morgan fingerprint density at radius 1 is 1.17 bits per heavy atom. The van der Waals surface area contributed by atoms with Gasteiger partial charge in [-0.3, -0.25) is 4.57 Å². The van der Waals surface area contributed by atoms with Crippen molar-refractivity contribution >= 4 is 33.4 Å². The first-order chi connectivity index (χ1) is 14.7. The summed E-state index contributed by atoms with van der Waals surface area (Å²) in [6, 6.07) is 11.9. The lowest BCUT2D eigenvalue weighted by Crippen LogP contribution is -2.24. The van der Waals surface area contributed by atoms with Crippen LogP contribution in [-0.4, -0.2) is 55.7 Å². The van der Waals surface area contributed by atoms with Gasteiger partial charge in [-0.1, -0.05) is 12.1 Å². The van der Waals surface area contributed by atoms with Crippen molar-refractivity contribution in [3.05, 3.63) is 49.1 Å². The minimum Gasteiger partial charge on any atom is -0.497 e. The summed E-state index contributed by atoms with van der Waals surface area (Å²) in [4.78, 5) is 13.1. The van der Waals surface area contributed by atoms with Gasteiger partial charge in [0.25, 0.3) is 0 Å². The molecule has 3 N–H and O–H groups in total. The molecule has 0 amide bonds. The van der Waals surface area contributed by atoms with E-state index < -0.39 is 18.4 Å². The Bertz CT molecular complexity index is 1210. The molecule has 0 bridgehead atoms. The number of ether oxygens (including phenoxy) is 2. The van der Waals surface area contributed by atoms with E-state index in [0.29, 0.717) is 23.4 Å². The van der Waals surface area contributed by atoms with Crippen LogP contribution in [-0.2, 0) is 4.74 Å². The molecule has 30 heavy (non-hydrogen) atoms. The fourth-order valence-corrected chi connectivity index (χ4v) is 3.77. The molecule has 1 saturated heterocycles. The third kappa shape index (κ3) is 3.22. The molecule has 9 heteroatoms. The molecule has 4 aromatic rings. The number of nitrogens with one attached hydrogen (secondary N) is 1.